The Bertz CT molecular complexity index is 547. The number of fused-ring (bicyclic) bond motifs is 1. The van der Waals surface area contributed by atoms with Crippen LogP contribution >= 0.6 is 0 Å². The van der Waals surface area contributed by atoms with E-state index in [1.807, 2.05) is 20.8 Å². The van der Waals surface area contributed by atoms with Crippen molar-refractivity contribution in [3.63, 3.8) is 0 Å². The lowest BCUT2D eigenvalue weighted by atomic mass is 10.1. The number of carboxylic acids is 1. The third kappa shape index (κ3) is 3.17. The fourth-order valence-electron chi connectivity index (χ4n) is 2.23. The van der Waals surface area contributed by atoms with Gasteiger partial charge in [0.15, 0.2) is 0 Å². The molecule has 2 N–H and O–H groups in total. The Balaban J connectivity index is 2.12. The number of carbonyl (C=O) groups is 2. The highest BCUT2D eigenvalue weighted by Crippen LogP contribution is 2.28. The topological polar surface area (TPSA) is 69.6 Å². The zero-order chi connectivity index (χ0) is 14.9. The van der Waals surface area contributed by atoms with Gasteiger partial charge in [-0.2, -0.15) is 0 Å². The van der Waals surface area contributed by atoms with Gasteiger partial charge in [0.25, 0.3) is 0 Å². The van der Waals surface area contributed by atoms with Gasteiger partial charge in [0.05, 0.1) is 12.1 Å². The molecule has 0 aliphatic carbocycles. The average molecular weight is 276 g/mol. The molecule has 1 heterocycles. The zero-order valence-electron chi connectivity index (χ0n) is 12.1. The molecule has 0 fully saturated rings. The normalized spacial score (nSPS) is 14.2. The van der Waals surface area contributed by atoms with Gasteiger partial charge in [0, 0.05) is 17.8 Å². The smallest absolute Gasteiger partial charge is 0.335 e. The highest BCUT2D eigenvalue weighted by atomic mass is 16.4. The van der Waals surface area contributed by atoms with E-state index in [9.17, 15) is 9.59 Å². The lowest BCUT2D eigenvalue weighted by Gasteiger charge is -2.23. The number of rotatable bonds is 3. The Labute approximate surface area is 118 Å². The SMILES string of the molecule is CC(C)(C)NCC(=O)N1CCc2cc(C(=O)O)ccc21. The Morgan fingerprint density at radius 2 is 2.05 bits per heavy atom. The van der Waals surface area contributed by atoms with E-state index in [0.29, 0.717) is 13.0 Å². The maximum atomic E-state index is 12.2. The fraction of sp³-hybridized carbons (Fsp3) is 0.467. The molecule has 5 nitrogen and oxygen atoms in total. The van der Waals surface area contributed by atoms with Crippen LogP contribution in [0.1, 0.15) is 36.7 Å². The van der Waals surface area contributed by atoms with Crippen molar-refractivity contribution in [2.24, 2.45) is 0 Å². The van der Waals surface area contributed by atoms with E-state index in [2.05, 4.69) is 5.32 Å². The molecule has 0 aromatic heterocycles. The number of benzene rings is 1. The quantitative estimate of drug-likeness (QED) is 0.881. The predicted molar refractivity (Wildman–Crippen MR) is 77.2 cm³/mol. The summed E-state index contributed by atoms with van der Waals surface area (Å²) < 4.78 is 0. The molecule has 0 atom stereocenters. The van der Waals surface area contributed by atoms with Gasteiger partial charge >= 0.3 is 5.97 Å². The van der Waals surface area contributed by atoms with Gasteiger partial charge in [-0.1, -0.05) is 0 Å². The first-order chi connectivity index (χ1) is 9.28. The number of hydrogen-bond donors (Lipinski definition) is 2. The zero-order valence-corrected chi connectivity index (χ0v) is 12.1. The Morgan fingerprint density at radius 1 is 1.35 bits per heavy atom. The van der Waals surface area contributed by atoms with Crippen molar-refractivity contribution in [1.29, 1.82) is 0 Å². The van der Waals surface area contributed by atoms with E-state index >= 15 is 0 Å². The van der Waals surface area contributed by atoms with Crippen LogP contribution in [-0.4, -0.2) is 35.6 Å². The predicted octanol–water partition coefficient (Wildman–Crippen LogP) is 1.66. The molecule has 108 valence electrons. The van der Waals surface area contributed by atoms with E-state index in [0.717, 1.165) is 11.3 Å². The molecule has 1 amide bonds. The van der Waals surface area contributed by atoms with Crippen LogP contribution in [0.5, 0.6) is 0 Å². The van der Waals surface area contributed by atoms with Crippen molar-refractivity contribution in [2.75, 3.05) is 18.0 Å². The van der Waals surface area contributed by atoms with E-state index in [4.69, 9.17) is 5.11 Å². The van der Waals surface area contributed by atoms with Crippen molar-refractivity contribution < 1.29 is 14.7 Å². The Morgan fingerprint density at radius 3 is 2.65 bits per heavy atom. The van der Waals surface area contributed by atoms with Crippen molar-refractivity contribution in [3.8, 4) is 0 Å². The van der Waals surface area contributed by atoms with Crippen LogP contribution in [-0.2, 0) is 11.2 Å². The molecule has 0 saturated heterocycles. The van der Waals surface area contributed by atoms with E-state index in [1.165, 1.54) is 0 Å². The number of nitrogens with one attached hydrogen (secondary N) is 1. The number of nitrogens with zero attached hydrogens (tertiary/aromatic N) is 1. The summed E-state index contributed by atoms with van der Waals surface area (Å²) >= 11 is 0. The first-order valence-electron chi connectivity index (χ1n) is 6.69. The highest BCUT2D eigenvalue weighted by Gasteiger charge is 2.26. The summed E-state index contributed by atoms with van der Waals surface area (Å²) in [6.07, 6.45) is 0.706. The molecule has 20 heavy (non-hydrogen) atoms. The van der Waals surface area contributed by atoms with Crippen LogP contribution < -0.4 is 10.2 Å². The van der Waals surface area contributed by atoms with Crippen molar-refractivity contribution in [1.82, 2.24) is 5.32 Å². The van der Waals surface area contributed by atoms with Gasteiger partial charge in [0.1, 0.15) is 0 Å². The minimum Gasteiger partial charge on any atom is -0.478 e. The minimum atomic E-state index is -0.938. The van der Waals surface area contributed by atoms with Crippen LogP contribution in [0.4, 0.5) is 5.69 Å². The number of hydrogen-bond acceptors (Lipinski definition) is 3. The molecule has 0 radical (unpaired) electrons. The molecule has 0 spiro atoms. The average Bonchev–Trinajstić information content (AvgIpc) is 2.77. The second kappa shape index (κ2) is 5.25. The Kier molecular flexibility index (Phi) is 3.81. The summed E-state index contributed by atoms with van der Waals surface area (Å²) in [4.78, 5) is 24.9. The fourth-order valence-corrected chi connectivity index (χ4v) is 2.23. The number of anilines is 1. The molecule has 5 heteroatoms. The first kappa shape index (κ1) is 14.5. The van der Waals surface area contributed by atoms with Crippen molar-refractivity contribution in [2.45, 2.75) is 32.7 Å². The number of aromatic carboxylic acids is 1. The lowest BCUT2D eigenvalue weighted by Crippen LogP contribution is -2.44. The lowest BCUT2D eigenvalue weighted by molar-refractivity contribution is -0.118. The van der Waals surface area contributed by atoms with Gasteiger partial charge in [-0.25, -0.2) is 4.79 Å². The second-order valence-corrected chi connectivity index (χ2v) is 6.05. The molecule has 1 aromatic carbocycles. The monoisotopic (exact) mass is 276 g/mol. The summed E-state index contributed by atoms with van der Waals surface area (Å²) in [6.45, 7) is 6.93. The maximum Gasteiger partial charge on any atom is 0.335 e. The minimum absolute atomic E-state index is 0.0155. The molecule has 0 bridgehead atoms. The summed E-state index contributed by atoms with van der Waals surface area (Å²) in [6, 6.07) is 4.92. The van der Waals surface area contributed by atoms with Gasteiger partial charge in [0.2, 0.25) is 5.91 Å². The second-order valence-electron chi connectivity index (χ2n) is 6.05. The van der Waals surface area contributed by atoms with Crippen LogP contribution in [0, 0.1) is 0 Å². The summed E-state index contributed by atoms with van der Waals surface area (Å²) in [7, 11) is 0. The highest BCUT2D eigenvalue weighted by molar-refractivity contribution is 5.98. The maximum absolute atomic E-state index is 12.2. The van der Waals surface area contributed by atoms with E-state index < -0.39 is 5.97 Å². The Hall–Kier alpha value is -1.88. The molecule has 1 aromatic rings. The van der Waals surface area contributed by atoms with E-state index in [-0.39, 0.29) is 23.6 Å². The van der Waals surface area contributed by atoms with Gasteiger partial charge in [-0.05, 0) is 51.0 Å². The third-order valence-electron chi connectivity index (χ3n) is 3.29. The number of carboxylic acid groups (broad SMARTS) is 1. The number of carbonyl (C=O) groups excluding carboxylic acids is 1. The van der Waals surface area contributed by atoms with Crippen LogP contribution in [0.2, 0.25) is 0 Å². The molecule has 1 aliphatic heterocycles. The van der Waals surface area contributed by atoms with Crippen molar-refractivity contribution in [3.05, 3.63) is 29.3 Å². The van der Waals surface area contributed by atoms with Gasteiger partial charge in [-0.15, -0.1) is 0 Å². The molecule has 0 saturated carbocycles. The van der Waals surface area contributed by atoms with Crippen LogP contribution in [0.3, 0.4) is 0 Å². The molecular formula is C15H20N2O3. The molecule has 0 unspecified atom stereocenters. The largest absolute Gasteiger partial charge is 0.478 e. The van der Waals surface area contributed by atoms with E-state index in [1.54, 1.807) is 23.1 Å². The molecule has 2 rings (SSSR count). The molecular weight excluding hydrogens is 256 g/mol. The van der Waals surface area contributed by atoms with Crippen LogP contribution in [0.15, 0.2) is 18.2 Å². The van der Waals surface area contributed by atoms with Crippen molar-refractivity contribution >= 4 is 17.6 Å². The standard InChI is InChI=1S/C15H20N2O3/c1-15(2,3)16-9-13(18)17-7-6-10-8-11(14(19)20)4-5-12(10)17/h4-5,8,16H,6-7,9H2,1-3H3,(H,19,20). The third-order valence-corrected chi connectivity index (χ3v) is 3.29. The van der Waals surface area contributed by atoms with Crippen LogP contribution in [0.25, 0.3) is 0 Å². The number of amides is 1. The van der Waals surface area contributed by atoms with Gasteiger partial charge in [-0.3, -0.25) is 4.79 Å². The summed E-state index contributed by atoms with van der Waals surface area (Å²) in [5.41, 5.74) is 1.92. The summed E-state index contributed by atoms with van der Waals surface area (Å²) in [5, 5.41) is 12.1. The summed E-state index contributed by atoms with van der Waals surface area (Å²) in [5.74, 6) is -0.922. The molecule has 1 aliphatic rings. The van der Waals surface area contributed by atoms with Gasteiger partial charge < -0.3 is 15.3 Å². The first-order valence-corrected chi connectivity index (χ1v) is 6.69.